The molecular weight excluding hydrogens is 401 g/mol. The number of ketones is 1. The van der Waals surface area contributed by atoms with Gasteiger partial charge in [0.1, 0.15) is 11.6 Å². The molecule has 0 unspecified atom stereocenters. The summed E-state index contributed by atoms with van der Waals surface area (Å²) in [5.41, 5.74) is 1.40. The zero-order valence-electron chi connectivity index (χ0n) is 17.2. The van der Waals surface area contributed by atoms with E-state index < -0.39 is 23.5 Å². The molecule has 0 aliphatic carbocycles. The molecule has 1 fully saturated rings. The van der Waals surface area contributed by atoms with Crippen LogP contribution >= 0.6 is 0 Å². The number of imidazole rings is 1. The summed E-state index contributed by atoms with van der Waals surface area (Å²) in [6, 6.07) is 4.94. The zero-order valence-corrected chi connectivity index (χ0v) is 17.2. The lowest BCUT2D eigenvalue weighted by atomic mass is 9.94. The van der Waals surface area contributed by atoms with E-state index in [1.54, 1.807) is 38.6 Å². The average molecular weight is 423 g/mol. The fraction of sp³-hybridized carbons (Fsp3) is 0.273. The van der Waals surface area contributed by atoms with E-state index in [0.717, 1.165) is 0 Å². The molecule has 1 aliphatic rings. The lowest BCUT2D eigenvalue weighted by molar-refractivity contribution is -0.140. The molecule has 1 aliphatic heterocycles. The number of H-pyrrole nitrogens is 1. The Morgan fingerprint density at radius 1 is 1.23 bits per heavy atom. The van der Waals surface area contributed by atoms with Crippen LogP contribution in [-0.4, -0.2) is 48.0 Å². The molecule has 2 aromatic heterocycles. The molecule has 1 atom stereocenters. The number of carbonyl (C=O) groups is 2. The number of hydrogen-bond acceptors (Lipinski definition) is 5. The Bertz CT molecular complexity index is 1150. The number of benzene rings is 1. The van der Waals surface area contributed by atoms with Gasteiger partial charge in [0.05, 0.1) is 29.2 Å². The van der Waals surface area contributed by atoms with Crippen molar-refractivity contribution in [1.82, 2.24) is 24.6 Å². The number of likely N-dealkylation sites (tertiary alicyclic amines) is 1. The van der Waals surface area contributed by atoms with E-state index in [1.165, 1.54) is 23.1 Å². The Morgan fingerprint density at radius 3 is 2.65 bits per heavy atom. The van der Waals surface area contributed by atoms with Crippen molar-refractivity contribution in [2.75, 3.05) is 6.54 Å². The van der Waals surface area contributed by atoms with Crippen LogP contribution in [0.15, 0.2) is 48.6 Å². The van der Waals surface area contributed by atoms with Crippen LogP contribution in [0.4, 0.5) is 4.39 Å². The SMILES string of the molecule is Cc1n[nH]c(C)c1C(O)=C1C(=O)C(=O)N(CCCn2ccnc2)[C@H]1c1ccccc1F. The van der Waals surface area contributed by atoms with Crippen LogP contribution in [0.1, 0.15) is 35.0 Å². The van der Waals surface area contributed by atoms with Crippen LogP contribution in [-0.2, 0) is 16.1 Å². The number of aliphatic hydroxyl groups is 1. The number of carbonyl (C=O) groups excluding carboxylic acids is 2. The van der Waals surface area contributed by atoms with E-state index in [-0.39, 0.29) is 23.4 Å². The third kappa shape index (κ3) is 3.63. The van der Waals surface area contributed by atoms with Gasteiger partial charge >= 0.3 is 0 Å². The molecule has 2 N–H and O–H groups in total. The van der Waals surface area contributed by atoms with E-state index in [1.807, 2.05) is 4.57 Å². The normalized spacial score (nSPS) is 18.2. The van der Waals surface area contributed by atoms with Crippen molar-refractivity contribution in [1.29, 1.82) is 0 Å². The van der Waals surface area contributed by atoms with Gasteiger partial charge in [0.15, 0.2) is 0 Å². The van der Waals surface area contributed by atoms with E-state index in [4.69, 9.17) is 0 Å². The van der Waals surface area contributed by atoms with Crippen LogP contribution in [0.2, 0.25) is 0 Å². The first-order valence-electron chi connectivity index (χ1n) is 9.90. The summed E-state index contributed by atoms with van der Waals surface area (Å²) in [5, 5.41) is 17.9. The number of aliphatic hydroxyl groups excluding tert-OH is 1. The van der Waals surface area contributed by atoms with Crippen molar-refractivity contribution in [2.45, 2.75) is 32.9 Å². The van der Waals surface area contributed by atoms with Gasteiger partial charge in [-0.15, -0.1) is 0 Å². The second kappa shape index (κ2) is 8.17. The van der Waals surface area contributed by atoms with E-state index >= 15 is 0 Å². The number of Topliss-reactive ketones (excluding diaryl/α,β-unsaturated/α-hetero) is 1. The highest BCUT2D eigenvalue weighted by molar-refractivity contribution is 6.46. The summed E-state index contributed by atoms with van der Waals surface area (Å²) in [4.78, 5) is 31.2. The summed E-state index contributed by atoms with van der Waals surface area (Å²) in [6.45, 7) is 4.17. The maximum atomic E-state index is 14.8. The Hall–Kier alpha value is -3.75. The minimum atomic E-state index is -1.03. The minimum absolute atomic E-state index is 0.134. The summed E-state index contributed by atoms with van der Waals surface area (Å²) in [7, 11) is 0. The molecule has 3 aromatic rings. The molecule has 1 saturated heterocycles. The summed E-state index contributed by atoms with van der Waals surface area (Å²) < 4.78 is 16.6. The van der Waals surface area contributed by atoms with Crippen molar-refractivity contribution < 1.29 is 19.1 Å². The van der Waals surface area contributed by atoms with E-state index in [0.29, 0.717) is 29.9 Å². The van der Waals surface area contributed by atoms with Crippen molar-refractivity contribution >= 4 is 17.4 Å². The number of rotatable bonds is 6. The molecule has 31 heavy (non-hydrogen) atoms. The van der Waals surface area contributed by atoms with Crippen LogP contribution < -0.4 is 0 Å². The Kier molecular flexibility index (Phi) is 5.41. The van der Waals surface area contributed by atoms with Crippen molar-refractivity contribution in [3.05, 3.63) is 76.9 Å². The number of aromatic amines is 1. The Labute approximate surface area is 178 Å². The van der Waals surface area contributed by atoms with Crippen LogP contribution in [0, 0.1) is 19.7 Å². The fourth-order valence-corrected chi connectivity index (χ4v) is 4.01. The van der Waals surface area contributed by atoms with Gasteiger partial charge in [-0.1, -0.05) is 18.2 Å². The number of amides is 1. The van der Waals surface area contributed by atoms with Crippen molar-refractivity contribution in [2.24, 2.45) is 0 Å². The minimum Gasteiger partial charge on any atom is -0.507 e. The van der Waals surface area contributed by atoms with Gasteiger partial charge in [0, 0.05) is 36.7 Å². The summed E-state index contributed by atoms with van der Waals surface area (Å²) >= 11 is 0. The average Bonchev–Trinajstić information content (AvgIpc) is 3.44. The highest BCUT2D eigenvalue weighted by Gasteiger charge is 2.47. The van der Waals surface area contributed by atoms with Gasteiger partial charge in [-0.05, 0) is 26.3 Å². The van der Waals surface area contributed by atoms with E-state index in [2.05, 4.69) is 15.2 Å². The number of aromatic nitrogens is 4. The molecule has 0 spiro atoms. The molecule has 1 aromatic carbocycles. The maximum absolute atomic E-state index is 14.8. The van der Waals surface area contributed by atoms with Crippen LogP contribution in [0.25, 0.3) is 5.76 Å². The second-order valence-corrected chi connectivity index (χ2v) is 7.48. The first-order valence-corrected chi connectivity index (χ1v) is 9.90. The molecule has 8 nitrogen and oxygen atoms in total. The number of hydrogen-bond donors (Lipinski definition) is 2. The highest BCUT2D eigenvalue weighted by Crippen LogP contribution is 2.41. The Morgan fingerprint density at radius 2 is 2.00 bits per heavy atom. The zero-order chi connectivity index (χ0) is 22.1. The number of nitrogens with zero attached hydrogens (tertiary/aromatic N) is 4. The summed E-state index contributed by atoms with van der Waals surface area (Å²) in [5.74, 6) is -2.51. The molecule has 4 rings (SSSR count). The molecule has 0 bridgehead atoms. The van der Waals surface area contributed by atoms with Gasteiger partial charge in [-0.25, -0.2) is 9.37 Å². The molecule has 3 heterocycles. The van der Waals surface area contributed by atoms with Gasteiger partial charge in [0.2, 0.25) is 0 Å². The molecule has 1 amide bonds. The fourth-order valence-electron chi connectivity index (χ4n) is 4.01. The number of nitrogens with one attached hydrogen (secondary N) is 1. The highest BCUT2D eigenvalue weighted by atomic mass is 19.1. The van der Waals surface area contributed by atoms with Crippen molar-refractivity contribution in [3.8, 4) is 0 Å². The lowest BCUT2D eigenvalue weighted by Gasteiger charge is -2.25. The van der Waals surface area contributed by atoms with Gasteiger partial charge in [-0.2, -0.15) is 5.10 Å². The Balaban J connectivity index is 1.78. The largest absolute Gasteiger partial charge is 0.507 e. The molecule has 160 valence electrons. The first-order chi connectivity index (χ1) is 14.9. The molecular formula is C22H22FN5O3. The lowest BCUT2D eigenvalue weighted by Crippen LogP contribution is -2.31. The van der Waals surface area contributed by atoms with Gasteiger partial charge in [0.25, 0.3) is 11.7 Å². The maximum Gasteiger partial charge on any atom is 0.295 e. The third-order valence-corrected chi connectivity index (χ3v) is 5.48. The van der Waals surface area contributed by atoms with E-state index in [9.17, 15) is 19.1 Å². The summed E-state index contributed by atoms with van der Waals surface area (Å²) in [6.07, 6.45) is 5.64. The topological polar surface area (TPSA) is 104 Å². The number of halogens is 1. The molecule has 0 saturated carbocycles. The quantitative estimate of drug-likeness (QED) is 0.360. The second-order valence-electron chi connectivity index (χ2n) is 7.48. The van der Waals surface area contributed by atoms with Crippen LogP contribution in [0.3, 0.4) is 0 Å². The smallest absolute Gasteiger partial charge is 0.295 e. The monoisotopic (exact) mass is 423 g/mol. The third-order valence-electron chi connectivity index (χ3n) is 5.48. The van der Waals surface area contributed by atoms with Gasteiger partial charge < -0.3 is 14.6 Å². The van der Waals surface area contributed by atoms with Crippen LogP contribution in [0.5, 0.6) is 0 Å². The first kappa shape index (κ1) is 20.5. The van der Waals surface area contributed by atoms with Crippen molar-refractivity contribution in [3.63, 3.8) is 0 Å². The molecule has 9 heteroatoms. The van der Waals surface area contributed by atoms with Gasteiger partial charge in [-0.3, -0.25) is 14.7 Å². The standard InChI is InChI=1S/C22H22FN5O3/c1-13-17(14(2)26-25-13)20(29)18-19(15-6-3-4-7-16(15)23)28(22(31)21(18)30)10-5-9-27-11-8-24-12-27/h3-4,6-8,11-12,19,29H,5,9-10H2,1-2H3,(H,25,26)/t19-/m0/s1. The predicted molar refractivity (Wildman–Crippen MR) is 110 cm³/mol. The predicted octanol–water partition coefficient (Wildman–Crippen LogP) is 2.87. The molecule has 0 radical (unpaired) electrons. The number of aryl methyl sites for hydroxylation is 3.